The van der Waals surface area contributed by atoms with Gasteiger partial charge >= 0.3 is 5.97 Å². The number of aromatic hydroxyl groups is 1. The van der Waals surface area contributed by atoms with Gasteiger partial charge in [0.1, 0.15) is 6.61 Å². The van der Waals surface area contributed by atoms with Gasteiger partial charge in [0, 0.05) is 35.1 Å². The first-order chi connectivity index (χ1) is 14.7. The number of benzene rings is 1. The summed E-state index contributed by atoms with van der Waals surface area (Å²) in [5, 5.41) is 13.4. The zero-order chi connectivity index (χ0) is 22.8. The Morgan fingerprint density at radius 3 is 2.74 bits per heavy atom. The molecule has 1 aliphatic carbocycles. The number of methoxy groups -OCH3 is 1. The van der Waals surface area contributed by atoms with Crippen LogP contribution in [0.15, 0.2) is 40.7 Å². The molecule has 0 aromatic heterocycles. The smallest absolute Gasteiger partial charge is 0.336 e. The first kappa shape index (κ1) is 23.3. The van der Waals surface area contributed by atoms with Crippen molar-refractivity contribution in [3.05, 3.63) is 46.3 Å². The number of Topliss-reactive ketones (excluding diaryl/α,β-unsaturated/α-hetero) is 1. The number of rotatable bonds is 7. The monoisotopic (exact) mass is 445 g/mol. The van der Waals surface area contributed by atoms with Gasteiger partial charge in [-0.3, -0.25) is 4.79 Å². The number of nitrogens with one attached hydrogen (secondary N) is 1. The first-order valence-corrected chi connectivity index (χ1v) is 11.7. The molecule has 0 saturated carbocycles. The molecule has 168 valence electrons. The van der Waals surface area contributed by atoms with Crippen molar-refractivity contribution >= 4 is 23.5 Å². The van der Waals surface area contributed by atoms with Crippen LogP contribution >= 0.6 is 11.8 Å². The average Bonchev–Trinajstić information content (AvgIpc) is 2.69. The molecule has 2 aliphatic rings. The van der Waals surface area contributed by atoms with Crippen LogP contribution in [-0.4, -0.2) is 42.1 Å². The molecule has 7 heteroatoms. The van der Waals surface area contributed by atoms with Gasteiger partial charge < -0.3 is 19.9 Å². The molecule has 1 aromatic rings. The van der Waals surface area contributed by atoms with E-state index in [1.54, 1.807) is 23.9 Å². The Morgan fingerprint density at radius 1 is 1.32 bits per heavy atom. The summed E-state index contributed by atoms with van der Waals surface area (Å²) in [6, 6.07) is 4.96. The zero-order valence-corrected chi connectivity index (χ0v) is 19.6. The van der Waals surface area contributed by atoms with Crippen molar-refractivity contribution in [1.29, 1.82) is 0 Å². The van der Waals surface area contributed by atoms with E-state index >= 15 is 0 Å². The van der Waals surface area contributed by atoms with Crippen LogP contribution in [0.4, 0.5) is 0 Å². The van der Waals surface area contributed by atoms with Gasteiger partial charge in [0.25, 0.3) is 0 Å². The van der Waals surface area contributed by atoms with Crippen LogP contribution in [-0.2, 0) is 14.3 Å². The van der Waals surface area contributed by atoms with Crippen LogP contribution < -0.4 is 10.1 Å². The van der Waals surface area contributed by atoms with Crippen molar-refractivity contribution in [1.82, 2.24) is 5.32 Å². The Balaban J connectivity index is 2.07. The highest BCUT2D eigenvalue weighted by atomic mass is 32.2. The number of hydrogen-bond donors (Lipinski definition) is 2. The van der Waals surface area contributed by atoms with E-state index in [0.29, 0.717) is 47.6 Å². The van der Waals surface area contributed by atoms with Crippen molar-refractivity contribution in [3.8, 4) is 11.5 Å². The lowest BCUT2D eigenvalue weighted by Crippen LogP contribution is -2.38. The number of carbonyl (C=O) groups excluding carboxylic acids is 2. The maximum atomic E-state index is 13.3. The molecule has 1 heterocycles. The molecule has 0 fully saturated rings. The van der Waals surface area contributed by atoms with Gasteiger partial charge in [-0.2, -0.15) is 11.8 Å². The number of dihydropyridines is 1. The predicted molar refractivity (Wildman–Crippen MR) is 122 cm³/mol. The summed E-state index contributed by atoms with van der Waals surface area (Å²) in [5.41, 5.74) is 3.14. The highest BCUT2D eigenvalue weighted by Crippen LogP contribution is 2.47. The second-order valence-corrected chi connectivity index (χ2v) is 10.1. The van der Waals surface area contributed by atoms with E-state index in [4.69, 9.17) is 9.47 Å². The van der Waals surface area contributed by atoms with Crippen LogP contribution in [0.3, 0.4) is 0 Å². The summed E-state index contributed by atoms with van der Waals surface area (Å²) in [6.45, 7) is 8.36. The van der Waals surface area contributed by atoms with Gasteiger partial charge in [0.15, 0.2) is 17.3 Å². The van der Waals surface area contributed by atoms with Gasteiger partial charge in [0.2, 0.25) is 0 Å². The van der Waals surface area contributed by atoms with Crippen LogP contribution in [0.2, 0.25) is 0 Å². The van der Waals surface area contributed by atoms with Crippen molar-refractivity contribution in [3.63, 3.8) is 0 Å². The highest BCUT2D eigenvalue weighted by molar-refractivity contribution is 7.99. The number of allylic oxidation sites excluding steroid dienone is 3. The lowest BCUT2D eigenvalue weighted by atomic mass is 9.68. The Kier molecular flexibility index (Phi) is 7.04. The predicted octanol–water partition coefficient (Wildman–Crippen LogP) is 4.30. The van der Waals surface area contributed by atoms with Gasteiger partial charge in [-0.1, -0.05) is 26.8 Å². The SMILES string of the molecule is CCSCCOC(=O)C1=C(C)NC2=C(C(=O)CC(C)(C)C2)C1c1ccc(O)c(OC)c1. The number of ether oxygens (including phenoxy) is 2. The second kappa shape index (κ2) is 9.39. The Bertz CT molecular complexity index is 947. The third-order valence-corrected chi connectivity index (χ3v) is 6.53. The lowest BCUT2D eigenvalue weighted by molar-refractivity contribution is -0.138. The van der Waals surface area contributed by atoms with E-state index in [1.165, 1.54) is 13.2 Å². The minimum absolute atomic E-state index is 0.00640. The fourth-order valence-corrected chi connectivity index (χ4v) is 4.82. The van der Waals surface area contributed by atoms with Crippen LogP contribution in [0.1, 0.15) is 52.0 Å². The molecule has 31 heavy (non-hydrogen) atoms. The molecule has 2 N–H and O–H groups in total. The third-order valence-electron chi connectivity index (χ3n) is 5.66. The van der Waals surface area contributed by atoms with Crippen LogP contribution in [0.5, 0.6) is 11.5 Å². The Morgan fingerprint density at radius 2 is 2.06 bits per heavy atom. The number of carbonyl (C=O) groups is 2. The lowest BCUT2D eigenvalue weighted by Gasteiger charge is -2.39. The summed E-state index contributed by atoms with van der Waals surface area (Å²) < 4.78 is 10.9. The van der Waals surface area contributed by atoms with E-state index < -0.39 is 11.9 Å². The number of ketones is 1. The molecule has 1 aromatic carbocycles. The summed E-state index contributed by atoms with van der Waals surface area (Å²) in [6.07, 6.45) is 1.13. The number of phenolic OH excluding ortho intramolecular Hbond substituents is 1. The molecule has 6 nitrogen and oxygen atoms in total. The van der Waals surface area contributed by atoms with E-state index in [1.807, 2.05) is 6.92 Å². The molecule has 0 saturated heterocycles. The number of esters is 1. The van der Waals surface area contributed by atoms with E-state index in [0.717, 1.165) is 17.2 Å². The van der Waals surface area contributed by atoms with Crippen molar-refractivity contribution in [2.75, 3.05) is 25.2 Å². The maximum Gasteiger partial charge on any atom is 0.336 e. The van der Waals surface area contributed by atoms with Crippen molar-refractivity contribution in [2.45, 2.75) is 46.5 Å². The average molecular weight is 446 g/mol. The molecule has 0 bridgehead atoms. The Hall–Kier alpha value is -2.41. The van der Waals surface area contributed by atoms with E-state index in [-0.39, 0.29) is 16.9 Å². The quantitative estimate of drug-likeness (QED) is 0.478. The second-order valence-electron chi connectivity index (χ2n) is 8.69. The molecule has 1 aliphatic heterocycles. The number of thioether (sulfide) groups is 1. The van der Waals surface area contributed by atoms with Gasteiger partial charge in [-0.05, 0) is 42.2 Å². The zero-order valence-electron chi connectivity index (χ0n) is 18.8. The van der Waals surface area contributed by atoms with Gasteiger partial charge in [0.05, 0.1) is 12.7 Å². The normalized spacial score (nSPS) is 20.3. The van der Waals surface area contributed by atoms with Crippen molar-refractivity contribution in [2.24, 2.45) is 5.41 Å². The number of phenols is 1. The molecular formula is C24H31NO5S. The standard InChI is InChI=1S/C24H31NO5S/c1-6-31-10-9-30-23(28)20-14(2)25-16-12-24(3,4)13-18(27)22(16)21(20)15-7-8-17(26)19(11-15)29-5/h7-8,11,21,25-26H,6,9-10,12-13H2,1-5H3. The summed E-state index contributed by atoms with van der Waals surface area (Å²) in [7, 11) is 1.47. The fourth-order valence-electron chi connectivity index (χ4n) is 4.33. The maximum absolute atomic E-state index is 13.3. The molecule has 0 spiro atoms. The molecule has 1 atom stereocenters. The Labute approximate surface area is 188 Å². The topological polar surface area (TPSA) is 84.9 Å². The highest BCUT2D eigenvalue weighted by Gasteiger charge is 2.43. The number of hydrogen-bond acceptors (Lipinski definition) is 7. The summed E-state index contributed by atoms with van der Waals surface area (Å²) in [5.74, 6) is 1.01. The largest absolute Gasteiger partial charge is 0.504 e. The summed E-state index contributed by atoms with van der Waals surface area (Å²) in [4.78, 5) is 26.4. The third kappa shape index (κ3) is 4.92. The molecular weight excluding hydrogens is 414 g/mol. The summed E-state index contributed by atoms with van der Waals surface area (Å²) >= 11 is 1.70. The van der Waals surface area contributed by atoms with Gasteiger partial charge in [-0.25, -0.2) is 4.79 Å². The van der Waals surface area contributed by atoms with E-state index in [2.05, 4.69) is 26.1 Å². The van der Waals surface area contributed by atoms with Crippen LogP contribution in [0, 0.1) is 5.41 Å². The molecule has 3 rings (SSSR count). The molecule has 1 unspecified atom stereocenters. The molecule has 0 amide bonds. The molecule has 0 radical (unpaired) electrons. The van der Waals surface area contributed by atoms with Crippen molar-refractivity contribution < 1.29 is 24.2 Å². The first-order valence-electron chi connectivity index (χ1n) is 10.5. The van der Waals surface area contributed by atoms with Gasteiger partial charge in [-0.15, -0.1) is 0 Å². The minimum Gasteiger partial charge on any atom is -0.504 e. The van der Waals surface area contributed by atoms with E-state index in [9.17, 15) is 14.7 Å². The van der Waals surface area contributed by atoms with Crippen LogP contribution in [0.25, 0.3) is 0 Å². The minimum atomic E-state index is -0.569. The fraction of sp³-hybridized carbons (Fsp3) is 0.500.